The molecule has 3 heteroatoms. The second kappa shape index (κ2) is 6.40. The van der Waals surface area contributed by atoms with Crippen molar-refractivity contribution in [3.05, 3.63) is 23.9 Å². The summed E-state index contributed by atoms with van der Waals surface area (Å²) < 4.78 is 0. The van der Waals surface area contributed by atoms with Crippen LogP contribution in [0.25, 0.3) is 0 Å². The molecule has 0 aromatic carbocycles. The summed E-state index contributed by atoms with van der Waals surface area (Å²) in [4.78, 5) is 4.30. The van der Waals surface area contributed by atoms with Crippen molar-refractivity contribution >= 4 is 5.82 Å². The third-order valence-electron chi connectivity index (χ3n) is 2.82. The number of aromatic nitrogens is 1. The predicted molar refractivity (Wildman–Crippen MR) is 64.7 cm³/mol. The molecule has 0 bridgehead atoms. The van der Waals surface area contributed by atoms with E-state index in [-0.39, 0.29) is 0 Å². The summed E-state index contributed by atoms with van der Waals surface area (Å²) in [5.74, 6) is 1.66. The Balaban J connectivity index is 2.56. The molecule has 3 nitrogen and oxygen atoms in total. The number of rotatable bonds is 6. The van der Waals surface area contributed by atoms with E-state index in [0.717, 1.165) is 23.8 Å². The Bertz CT molecular complexity index is 282. The maximum atomic E-state index is 5.64. The highest BCUT2D eigenvalue weighted by Gasteiger charge is 2.05. The van der Waals surface area contributed by atoms with Gasteiger partial charge >= 0.3 is 0 Å². The number of anilines is 1. The van der Waals surface area contributed by atoms with E-state index in [1.807, 2.05) is 12.1 Å². The molecule has 0 atom stereocenters. The fraction of sp³-hybridized carbons (Fsp3) is 0.583. The van der Waals surface area contributed by atoms with E-state index >= 15 is 0 Å². The van der Waals surface area contributed by atoms with Crippen LogP contribution in [-0.2, 0) is 6.54 Å². The van der Waals surface area contributed by atoms with Crippen LogP contribution >= 0.6 is 0 Å². The second-order valence-corrected chi connectivity index (χ2v) is 3.78. The molecule has 0 radical (unpaired) electrons. The van der Waals surface area contributed by atoms with Gasteiger partial charge in [-0.25, -0.2) is 4.98 Å². The van der Waals surface area contributed by atoms with Crippen molar-refractivity contribution in [3.63, 3.8) is 0 Å². The predicted octanol–water partition coefficient (Wildman–Crippen LogP) is 2.39. The quantitative estimate of drug-likeness (QED) is 0.753. The third-order valence-corrected chi connectivity index (χ3v) is 2.82. The van der Waals surface area contributed by atoms with Crippen LogP contribution in [0, 0.1) is 5.92 Å². The molecule has 0 fully saturated rings. The van der Waals surface area contributed by atoms with Crippen molar-refractivity contribution in [1.82, 2.24) is 4.98 Å². The summed E-state index contributed by atoms with van der Waals surface area (Å²) in [6.45, 7) is 5.96. The van der Waals surface area contributed by atoms with Crippen LogP contribution < -0.4 is 11.1 Å². The highest BCUT2D eigenvalue weighted by atomic mass is 15.0. The van der Waals surface area contributed by atoms with E-state index in [1.165, 1.54) is 12.8 Å². The Morgan fingerprint density at radius 3 is 2.73 bits per heavy atom. The van der Waals surface area contributed by atoms with Crippen molar-refractivity contribution in [3.8, 4) is 0 Å². The normalized spacial score (nSPS) is 10.7. The van der Waals surface area contributed by atoms with Gasteiger partial charge in [0.1, 0.15) is 5.82 Å². The number of nitrogens with zero attached hydrogens (tertiary/aromatic N) is 1. The molecule has 0 spiro atoms. The summed E-state index contributed by atoms with van der Waals surface area (Å²) in [7, 11) is 0. The Kier molecular flexibility index (Phi) is 5.12. The van der Waals surface area contributed by atoms with Gasteiger partial charge < -0.3 is 11.1 Å². The molecule has 1 aromatic heterocycles. The van der Waals surface area contributed by atoms with E-state index in [9.17, 15) is 0 Å². The molecule has 0 unspecified atom stereocenters. The first-order valence-corrected chi connectivity index (χ1v) is 5.69. The van der Waals surface area contributed by atoms with Gasteiger partial charge in [-0.05, 0) is 12.0 Å². The summed E-state index contributed by atoms with van der Waals surface area (Å²) in [5, 5.41) is 3.38. The molecule has 1 heterocycles. The lowest BCUT2D eigenvalue weighted by Crippen LogP contribution is -2.15. The molecule has 0 saturated heterocycles. The van der Waals surface area contributed by atoms with Gasteiger partial charge in [0, 0.05) is 24.8 Å². The van der Waals surface area contributed by atoms with Crippen molar-refractivity contribution in [2.75, 3.05) is 11.9 Å². The summed E-state index contributed by atoms with van der Waals surface area (Å²) in [6.07, 6.45) is 4.21. The van der Waals surface area contributed by atoms with E-state index in [2.05, 4.69) is 24.1 Å². The van der Waals surface area contributed by atoms with Crippen molar-refractivity contribution in [2.24, 2.45) is 11.7 Å². The van der Waals surface area contributed by atoms with Gasteiger partial charge in [-0.15, -0.1) is 0 Å². The standard InChI is InChI=1S/C12H21N3/c1-3-10(4-2)9-15-12-11(8-13)6-5-7-14-12/h5-7,10H,3-4,8-9,13H2,1-2H3,(H,14,15). The maximum Gasteiger partial charge on any atom is 0.130 e. The summed E-state index contributed by atoms with van der Waals surface area (Å²) >= 11 is 0. The Morgan fingerprint density at radius 2 is 2.13 bits per heavy atom. The minimum Gasteiger partial charge on any atom is -0.370 e. The fourth-order valence-electron chi connectivity index (χ4n) is 1.58. The lowest BCUT2D eigenvalue weighted by Gasteiger charge is -2.15. The molecule has 0 aliphatic carbocycles. The number of nitrogens with two attached hydrogens (primary N) is 1. The lowest BCUT2D eigenvalue weighted by atomic mass is 10.0. The smallest absolute Gasteiger partial charge is 0.130 e. The fourth-order valence-corrected chi connectivity index (χ4v) is 1.58. The lowest BCUT2D eigenvalue weighted by molar-refractivity contribution is 0.518. The van der Waals surface area contributed by atoms with E-state index in [4.69, 9.17) is 5.73 Å². The van der Waals surface area contributed by atoms with Gasteiger partial charge in [0.15, 0.2) is 0 Å². The van der Waals surface area contributed by atoms with Gasteiger partial charge in [0.25, 0.3) is 0 Å². The molecule has 15 heavy (non-hydrogen) atoms. The number of hydrogen-bond donors (Lipinski definition) is 2. The zero-order valence-corrected chi connectivity index (χ0v) is 9.66. The molecular weight excluding hydrogens is 186 g/mol. The first-order valence-electron chi connectivity index (χ1n) is 5.69. The minimum absolute atomic E-state index is 0.541. The molecule has 84 valence electrons. The van der Waals surface area contributed by atoms with Gasteiger partial charge in [-0.2, -0.15) is 0 Å². The molecule has 1 rings (SSSR count). The van der Waals surface area contributed by atoms with E-state index in [0.29, 0.717) is 6.54 Å². The van der Waals surface area contributed by atoms with Crippen LogP contribution in [0.15, 0.2) is 18.3 Å². The molecule has 0 aliphatic heterocycles. The number of hydrogen-bond acceptors (Lipinski definition) is 3. The molecule has 0 aliphatic rings. The zero-order valence-electron chi connectivity index (χ0n) is 9.66. The van der Waals surface area contributed by atoms with Crippen LogP contribution in [0.4, 0.5) is 5.82 Å². The maximum absolute atomic E-state index is 5.64. The highest BCUT2D eigenvalue weighted by Crippen LogP contribution is 2.13. The van der Waals surface area contributed by atoms with E-state index < -0.39 is 0 Å². The summed E-state index contributed by atoms with van der Waals surface area (Å²) in [5.41, 5.74) is 6.73. The molecule has 0 saturated carbocycles. The average Bonchev–Trinajstić information content (AvgIpc) is 2.31. The van der Waals surface area contributed by atoms with Gasteiger partial charge in [0.05, 0.1) is 0 Å². The summed E-state index contributed by atoms with van der Waals surface area (Å²) in [6, 6.07) is 3.94. The third kappa shape index (κ3) is 3.51. The average molecular weight is 207 g/mol. The van der Waals surface area contributed by atoms with Gasteiger partial charge in [0.2, 0.25) is 0 Å². The van der Waals surface area contributed by atoms with Crippen LogP contribution in [0.5, 0.6) is 0 Å². The highest BCUT2D eigenvalue weighted by molar-refractivity contribution is 5.43. The van der Waals surface area contributed by atoms with Crippen LogP contribution in [0.3, 0.4) is 0 Å². The number of pyridine rings is 1. The van der Waals surface area contributed by atoms with Crippen molar-refractivity contribution in [1.29, 1.82) is 0 Å². The monoisotopic (exact) mass is 207 g/mol. The van der Waals surface area contributed by atoms with Crippen LogP contribution in [-0.4, -0.2) is 11.5 Å². The Hall–Kier alpha value is -1.09. The first kappa shape index (κ1) is 12.0. The molecule has 0 amide bonds. The largest absolute Gasteiger partial charge is 0.370 e. The Labute approximate surface area is 92.1 Å². The molecular formula is C12H21N3. The van der Waals surface area contributed by atoms with Crippen LogP contribution in [0.2, 0.25) is 0 Å². The zero-order chi connectivity index (χ0) is 11.1. The number of nitrogens with one attached hydrogen (secondary N) is 1. The van der Waals surface area contributed by atoms with Crippen molar-refractivity contribution in [2.45, 2.75) is 33.2 Å². The van der Waals surface area contributed by atoms with Gasteiger partial charge in [-0.1, -0.05) is 32.8 Å². The minimum atomic E-state index is 0.541. The topological polar surface area (TPSA) is 50.9 Å². The second-order valence-electron chi connectivity index (χ2n) is 3.78. The van der Waals surface area contributed by atoms with E-state index in [1.54, 1.807) is 6.20 Å². The Morgan fingerprint density at radius 1 is 1.40 bits per heavy atom. The molecule has 1 aromatic rings. The van der Waals surface area contributed by atoms with Gasteiger partial charge in [-0.3, -0.25) is 0 Å². The SMILES string of the molecule is CCC(CC)CNc1ncccc1CN. The first-order chi connectivity index (χ1) is 7.31. The molecule has 3 N–H and O–H groups in total. The van der Waals surface area contributed by atoms with Crippen molar-refractivity contribution < 1.29 is 0 Å². The van der Waals surface area contributed by atoms with Crippen LogP contribution in [0.1, 0.15) is 32.3 Å².